The van der Waals surface area contributed by atoms with Crippen molar-refractivity contribution in [1.29, 1.82) is 0 Å². The first kappa shape index (κ1) is 24.8. The van der Waals surface area contributed by atoms with E-state index in [1.807, 2.05) is 18.2 Å². The molecule has 0 aliphatic heterocycles. The van der Waals surface area contributed by atoms with Crippen molar-refractivity contribution >= 4 is 17.5 Å². The highest BCUT2D eigenvalue weighted by atomic mass is 35.5. The number of aromatic nitrogens is 2. The van der Waals surface area contributed by atoms with Crippen LogP contribution in [0.25, 0.3) is 5.69 Å². The summed E-state index contributed by atoms with van der Waals surface area (Å²) in [5.41, 5.74) is 2.32. The Morgan fingerprint density at radius 1 is 0.944 bits per heavy atom. The first-order valence-corrected chi connectivity index (χ1v) is 11.4. The van der Waals surface area contributed by atoms with Crippen LogP contribution in [-0.4, -0.2) is 29.9 Å². The Morgan fingerprint density at radius 3 is 2.39 bits per heavy atom. The quantitative estimate of drug-likeness (QED) is 0.362. The molecule has 0 fully saturated rings. The molecule has 1 heterocycles. The molecule has 0 atom stereocenters. The van der Waals surface area contributed by atoms with Gasteiger partial charge in [0.15, 0.2) is 0 Å². The van der Waals surface area contributed by atoms with Crippen molar-refractivity contribution in [2.45, 2.75) is 13.2 Å². The van der Waals surface area contributed by atoms with Gasteiger partial charge >= 0.3 is 0 Å². The van der Waals surface area contributed by atoms with Crippen molar-refractivity contribution in [1.82, 2.24) is 15.1 Å². The van der Waals surface area contributed by atoms with Gasteiger partial charge in [-0.2, -0.15) is 4.68 Å². The van der Waals surface area contributed by atoms with Crippen molar-refractivity contribution in [2.75, 3.05) is 14.2 Å². The molecule has 4 rings (SSSR count). The summed E-state index contributed by atoms with van der Waals surface area (Å²) >= 11 is 5.91. The minimum Gasteiger partial charge on any atom is -0.497 e. The largest absolute Gasteiger partial charge is 0.497 e. The molecule has 0 radical (unpaired) electrons. The standard InChI is InChI=1S/C27H24ClN3O5/c1-34-23-11-12-24(35-2)20(15-23)16-29-27(33)19-5-9-22(10-6-19)31-26(32)14-13-25(30-31)36-17-18-3-7-21(28)8-4-18/h3-15H,16-17H2,1-2H3,(H,29,33). The van der Waals surface area contributed by atoms with Crippen LogP contribution in [0.15, 0.2) is 83.7 Å². The lowest BCUT2D eigenvalue weighted by molar-refractivity contribution is 0.0950. The predicted molar refractivity (Wildman–Crippen MR) is 136 cm³/mol. The van der Waals surface area contributed by atoms with E-state index in [4.69, 9.17) is 25.8 Å². The third-order valence-electron chi connectivity index (χ3n) is 5.38. The molecule has 0 aliphatic rings. The van der Waals surface area contributed by atoms with E-state index in [-0.39, 0.29) is 24.6 Å². The number of hydrogen-bond acceptors (Lipinski definition) is 6. The fourth-order valence-electron chi connectivity index (χ4n) is 3.45. The highest BCUT2D eigenvalue weighted by Crippen LogP contribution is 2.24. The lowest BCUT2D eigenvalue weighted by Crippen LogP contribution is -2.23. The summed E-state index contributed by atoms with van der Waals surface area (Å²) in [6, 6.07) is 22.1. The fourth-order valence-corrected chi connectivity index (χ4v) is 3.57. The second-order valence-corrected chi connectivity index (χ2v) is 8.18. The Hall–Kier alpha value is -4.30. The maximum Gasteiger partial charge on any atom is 0.271 e. The first-order valence-electron chi connectivity index (χ1n) is 11.0. The molecule has 0 spiro atoms. The lowest BCUT2D eigenvalue weighted by Gasteiger charge is -2.12. The Labute approximate surface area is 213 Å². The molecule has 1 N–H and O–H groups in total. The van der Waals surface area contributed by atoms with Gasteiger partial charge in [0, 0.05) is 34.8 Å². The van der Waals surface area contributed by atoms with Crippen molar-refractivity contribution in [3.63, 3.8) is 0 Å². The molecule has 9 heteroatoms. The highest BCUT2D eigenvalue weighted by Gasteiger charge is 2.11. The average Bonchev–Trinajstić information content (AvgIpc) is 2.92. The molecular weight excluding hydrogens is 482 g/mol. The second-order valence-electron chi connectivity index (χ2n) is 7.74. The minimum atomic E-state index is -0.323. The highest BCUT2D eigenvalue weighted by molar-refractivity contribution is 6.30. The summed E-state index contributed by atoms with van der Waals surface area (Å²) in [5.74, 6) is 1.34. The number of halogens is 1. The maximum atomic E-state index is 12.7. The van der Waals surface area contributed by atoms with Gasteiger partial charge in [-0.25, -0.2) is 0 Å². The van der Waals surface area contributed by atoms with E-state index in [1.165, 1.54) is 16.8 Å². The summed E-state index contributed by atoms with van der Waals surface area (Å²) in [6.07, 6.45) is 0. The molecule has 0 bridgehead atoms. The van der Waals surface area contributed by atoms with E-state index in [0.717, 1.165) is 11.1 Å². The molecule has 0 saturated heterocycles. The zero-order chi connectivity index (χ0) is 25.5. The van der Waals surface area contributed by atoms with Crippen molar-refractivity contribution in [2.24, 2.45) is 0 Å². The summed E-state index contributed by atoms with van der Waals surface area (Å²) in [6.45, 7) is 0.536. The van der Waals surface area contributed by atoms with Crippen molar-refractivity contribution in [3.05, 3.63) is 111 Å². The number of rotatable bonds is 9. The van der Waals surface area contributed by atoms with E-state index in [0.29, 0.717) is 33.7 Å². The van der Waals surface area contributed by atoms with Crippen LogP contribution in [0.1, 0.15) is 21.5 Å². The zero-order valence-electron chi connectivity index (χ0n) is 19.7. The van der Waals surface area contributed by atoms with Gasteiger partial charge in [0.1, 0.15) is 18.1 Å². The zero-order valence-corrected chi connectivity index (χ0v) is 20.5. The van der Waals surface area contributed by atoms with E-state index in [9.17, 15) is 9.59 Å². The molecule has 1 amide bonds. The van der Waals surface area contributed by atoms with Crippen LogP contribution in [-0.2, 0) is 13.2 Å². The topological polar surface area (TPSA) is 91.7 Å². The molecule has 0 saturated carbocycles. The van der Waals surface area contributed by atoms with Crippen LogP contribution in [0.2, 0.25) is 5.02 Å². The third-order valence-corrected chi connectivity index (χ3v) is 5.63. The molecule has 36 heavy (non-hydrogen) atoms. The van der Waals surface area contributed by atoms with Gasteiger partial charge in [-0.1, -0.05) is 23.7 Å². The molecule has 4 aromatic rings. The predicted octanol–water partition coefficient (Wildman–Crippen LogP) is 4.41. The van der Waals surface area contributed by atoms with Gasteiger partial charge in [-0.3, -0.25) is 9.59 Å². The van der Waals surface area contributed by atoms with Gasteiger partial charge in [-0.15, -0.1) is 5.10 Å². The van der Waals surface area contributed by atoms with Gasteiger partial charge in [0.2, 0.25) is 5.88 Å². The molecule has 0 unspecified atom stereocenters. The van der Waals surface area contributed by atoms with Gasteiger partial charge in [-0.05, 0) is 60.2 Å². The number of hydrogen-bond donors (Lipinski definition) is 1. The van der Waals surface area contributed by atoms with Gasteiger partial charge < -0.3 is 19.5 Å². The number of methoxy groups -OCH3 is 2. The van der Waals surface area contributed by atoms with Crippen molar-refractivity contribution in [3.8, 4) is 23.1 Å². The Bertz CT molecular complexity index is 1400. The molecule has 0 aliphatic carbocycles. The third kappa shape index (κ3) is 6.03. The SMILES string of the molecule is COc1ccc(OC)c(CNC(=O)c2ccc(-n3nc(OCc4ccc(Cl)cc4)ccc3=O)cc2)c1. The first-order chi connectivity index (χ1) is 17.5. The second kappa shape index (κ2) is 11.4. The lowest BCUT2D eigenvalue weighted by atomic mass is 10.1. The summed E-state index contributed by atoms with van der Waals surface area (Å²) in [4.78, 5) is 25.1. The molecule has 8 nitrogen and oxygen atoms in total. The number of carbonyl (C=O) groups is 1. The Kier molecular flexibility index (Phi) is 7.87. The van der Waals surface area contributed by atoms with Crippen LogP contribution in [0.5, 0.6) is 17.4 Å². The number of ether oxygens (including phenoxy) is 3. The molecule has 184 valence electrons. The number of amides is 1. The number of carbonyl (C=O) groups excluding carboxylic acids is 1. The number of benzene rings is 3. The number of nitrogens with one attached hydrogen (secondary N) is 1. The van der Waals surface area contributed by atoms with E-state index in [1.54, 1.807) is 62.8 Å². The van der Waals surface area contributed by atoms with Gasteiger partial charge in [0.05, 0.1) is 19.9 Å². The summed E-state index contributed by atoms with van der Waals surface area (Å²) in [5, 5.41) is 7.80. The van der Waals surface area contributed by atoms with E-state index >= 15 is 0 Å². The van der Waals surface area contributed by atoms with Crippen LogP contribution >= 0.6 is 11.6 Å². The van der Waals surface area contributed by atoms with E-state index in [2.05, 4.69) is 10.4 Å². The smallest absolute Gasteiger partial charge is 0.271 e. The van der Waals surface area contributed by atoms with Crippen LogP contribution in [0.3, 0.4) is 0 Å². The van der Waals surface area contributed by atoms with Crippen LogP contribution < -0.4 is 25.1 Å². The van der Waals surface area contributed by atoms with Crippen LogP contribution in [0.4, 0.5) is 0 Å². The number of nitrogens with zero attached hydrogens (tertiary/aromatic N) is 2. The van der Waals surface area contributed by atoms with E-state index < -0.39 is 0 Å². The fraction of sp³-hybridized carbons (Fsp3) is 0.148. The minimum absolute atomic E-state index is 0.259. The average molecular weight is 506 g/mol. The van der Waals surface area contributed by atoms with Gasteiger partial charge in [0.25, 0.3) is 11.5 Å². The van der Waals surface area contributed by atoms with Crippen LogP contribution in [0, 0.1) is 0 Å². The molecule has 3 aromatic carbocycles. The normalized spacial score (nSPS) is 10.5. The Morgan fingerprint density at radius 2 is 1.69 bits per heavy atom. The monoisotopic (exact) mass is 505 g/mol. The summed E-state index contributed by atoms with van der Waals surface area (Å²) in [7, 11) is 3.15. The summed E-state index contributed by atoms with van der Waals surface area (Å²) < 4.78 is 17.5. The maximum absolute atomic E-state index is 12.7. The Balaban J connectivity index is 1.43. The molecule has 1 aromatic heterocycles. The van der Waals surface area contributed by atoms with Crippen molar-refractivity contribution < 1.29 is 19.0 Å². The molecular formula is C27H24ClN3O5.